The van der Waals surface area contributed by atoms with Crippen LogP contribution in [-0.4, -0.2) is 35.9 Å². The molecule has 2 unspecified atom stereocenters. The maximum absolute atomic E-state index is 6.93. The van der Waals surface area contributed by atoms with Crippen molar-refractivity contribution in [2.24, 2.45) is 0 Å². The van der Waals surface area contributed by atoms with Gasteiger partial charge in [0.15, 0.2) is 0 Å². The SMILES string of the molecule is CC(C(Cl)N1c2ccccc2Sc2ccccc21)N(C)CCCl. The zero-order chi connectivity index (χ0) is 16.4. The summed E-state index contributed by atoms with van der Waals surface area (Å²) in [5.41, 5.74) is 2.16. The molecule has 0 N–H and O–H groups in total. The molecule has 2 aromatic carbocycles. The van der Waals surface area contributed by atoms with Crippen LogP contribution in [0.3, 0.4) is 0 Å². The molecule has 0 amide bonds. The zero-order valence-corrected chi connectivity index (χ0v) is 15.6. The lowest BCUT2D eigenvalue weighted by molar-refractivity contribution is 0.265. The fourth-order valence-corrected chi connectivity index (χ4v) is 4.50. The van der Waals surface area contributed by atoms with Crippen molar-refractivity contribution in [3.05, 3.63) is 48.5 Å². The highest BCUT2D eigenvalue weighted by Crippen LogP contribution is 2.49. The first-order chi connectivity index (χ1) is 11.1. The Bertz CT molecular complexity index is 634. The van der Waals surface area contributed by atoms with Gasteiger partial charge in [-0.05, 0) is 38.2 Å². The highest BCUT2D eigenvalue weighted by Gasteiger charge is 2.32. The van der Waals surface area contributed by atoms with Crippen LogP contribution in [0.15, 0.2) is 58.3 Å². The zero-order valence-electron chi connectivity index (χ0n) is 13.2. The topological polar surface area (TPSA) is 6.48 Å². The number of anilines is 2. The summed E-state index contributed by atoms with van der Waals surface area (Å²) < 4.78 is 0. The number of likely N-dealkylation sites (N-methyl/N-ethyl adjacent to an activating group) is 1. The first-order valence-electron chi connectivity index (χ1n) is 7.69. The number of hydrogen-bond acceptors (Lipinski definition) is 3. The summed E-state index contributed by atoms with van der Waals surface area (Å²) in [6.45, 7) is 2.97. The Balaban J connectivity index is 2.01. The highest BCUT2D eigenvalue weighted by atomic mass is 35.5. The van der Waals surface area contributed by atoms with Gasteiger partial charge in [-0.2, -0.15) is 0 Å². The van der Waals surface area contributed by atoms with Crippen LogP contribution in [0.5, 0.6) is 0 Å². The molecule has 1 aliphatic heterocycles. The average Bonchev–Trinajstić information content (AvgIpc) is 2.58. The minimum Gasteiger partial charge on any atom is -0.321 e. The van der Waals surface area contributed by atoms with Crippen molar-refractivity contribution in [3.8, 4) is 0 Å². The van der Waals surface area contributed by atoms with E-state index in [2.05, 4.69) is 72.3 Å². The van der Waals surface area contributed by atoms with Crippen LogP contribution in [0.1, 0.15) is 6.92 Å². The van der Waals surface area contributed by atoms with Crippen molar-refractivity contribution >= 4 is 46.3 Å². The molecular weight excluding hydrogens is 347 g/mol. The van der Waals surface area contributed by atoms with Crippen molar-refractivity contribution < 1.29 is 0 Å². The summed E-state index contributed by atoms with van der Waals surface area (Å²) in [6, 6.07) is 17.0. The van der Waals surface area contributed by atoms with Crippen LogP contribution >= 0.6 is 35.0 Å². The Morgan fingerprint density at radius 3 is 2.09 bits per heavy atom. The lowest BCUT2D eigenvalue weighted by atomic mass is 10.1. The lowest BCUT2D eigenvalue weighted by Crippen LogP contribution is -2.45. The summed E-state index contributed by atoms with van der Waals surface area (Å²) >= 11 is 14.6. The Hall–Kier alpha value is -0.870. The number of benzene rings is 2. The monoisotopic (exact) mass is 366 g/mol. The van der Waals surface area contributed by atoms with Gasteiger partial charge in [-0.1, -0.05) is 47.6 Å². The maximum Gasteiger partial charge on any atom is 0.124 e. The number of halogens is 2. The summed E-state index contributed by atoms with van der Waals surface area (Å²) in [5, 5.41) is 0. The summed E-state index contributed by atoms with van der Waals surface area (Å²) in [6.07, 6.45) is 0. The number of hydrogen-bond donors (Lipinski definition) is 0. The quantitative estimate of drug-likeness (QED) is 0.515. The largest absolute Gasteiger partial charge is 0.321 e. The van der Waals surface area contributed by atoms with Gasteiger partial charge >= 0.3 is 0 Å². The smallest absolute Gasteiger partial charge is 0.124 e. The van der Waals surface area contributed by atoms with Gasteiger partial charge in [0, 0.05) is 28.3 Å². The molecule has 0 aromatic heterocycles. The molecule has 0 spiro atoms. The molecule has 0 fully saturated rings. The molecule has 2 nitrogen and oxygen atoms in total. The van der Waals surface area contributed by atoms with Crippen molar-refractivity contribution in [1.29, 1.82) is 0 Å². The van der Waals surface area contributed by atoms with Crippen molar-refractivity contribution in [2.45, 2.75) is 28.3 Å². The molecule has 5 heteroatoms. The number of alkyl halides is 2. The van der Waals surface area contributed by atoms with Crippen molar-refractivity contribution in [2.75, 3.05) is 24.4 Å². The molecule has 122 valence electrons. The average molecular weight is 367 g/mol. The molecule has 1 heterocycles. The van der Waals surface area contributed by atoms with Crippen LogP contribution < -0.4 is 4.90 Å². The van der Waals surface area contributed by atoms with Crippen LogP contribution in [0.25, 0.3) is 0 Å². The molecule has 0 aliphatic carbocycles. The molecule has 0 radical (unpaired) electrons. The number of rotatable bonds is 5. The molecule has 0 bridgehead atoms. The van der Waals surface area contributed by atoms with Gasteiger partial charge in [0.2, 0.25) is 0 Å². The normalized spacial score (nSPS) is 16.0. The van der Waals surface area contributed by atoms with Crippen LogP contribution in [-0.2, 0) is 0 Å². The molecule has 2 aromatic rings. The van der Waals surface area contributed by atoms with E-state index in [-0.39, 0.29) is 11.5 Å². The fraction of sp³-hybridized carbons (Fsp3) is 0.333. The molecule has 3 rings (SSSR count). The van der Waals surface area contributed by atoms with Crippen molar-refractivity contribution in [1.82, 2.24) is 4.90 Å². The second-order valence-electron chi connectivity index (χ2n) is 5.69. The van der Waals surface area contributed by atoms with E-state index in [1.807, 2.05) is 0 Å². The number of fused-ring (bicyclic) bond motifs is 2. The lowest BCUT2D eigenvalue weighted by Gasteiger charge is -2.40. The molecule has 23 heavy (non-hydrogen) atoms. The fourth-order valence-electron chi connectivity index (χ4n) is 2.76. The van der Waals surface area contributed by atoms with E-state index in [4.69, 9.17) is 23.2 Å². The second-order valence-corrected chi connectivity index (χ2v) is 7.60. The standard InChI is InChI=1S/C18H20Cl2N2S/c1-13(21(2)12-11-19)18(20)22-14-7-3-5-9-16(14)23-17-10-6-4-8-15(17)22/h3-10,13,18H,11-12H2,1-2H3. The van der Waals surface area contributed by atoms with E-state index >= 15 is 0 Å². The van der Waals surface area contributed by atoms with Gasteiger partial charge in [-0.25, -0.2) is 0 Å². The van der Waals surface area contributed by atoms with Gasteiger partial charge < -0.3 is 4.90 Å². The highest BCUT2D eigenvalue weighted by molar-refractivity contribution is 7.99. The van der Waals surface area contributed by atoms with Gasteiger partial charge in [-0.3, -0.25) is 4.90 Å². The third kappa shape index (κ3) is 3.34. The van der Waals surface area contributed by atoms with Gasteiger partial charge in [0.25, 0.3) is 0 Å². The van der Waals surface area contributed by atoms with Crippen LogP contribution in [0.2, 0.25) is 0 Å². The van der Waals surface area contributed by atoms with E-state index < -0.39 is 0 Å². The summed E-state index contributed by atoms with van der Waals surface area (Å²) in [5.74, 6) is 0.605. The minimum atomic E-state index is -0.175. The molecule has 1 aliphatic rings. The third-order valence-corrected chi connectivity index (χ3v) is 6.11. The van der Waals surface area contributed by atoms with E-state index in [0.717, 1.165) is 6.54 Å². The first-order valence-corrected chi connectivity index (χ1v) is 9.47. The van der Waals surface area contributed by atoms with E-state index in [1.54, 1.807) is 11.8 Å². The Morgan fingerprint density at radius 1 is 1.04 bits per heavy atom. The number of para-hydroxylation sites is 2. The second kappa shape index (κ2) is 7.35. The predicted octanol–water partition coefficient (Wildman–Crippen LogP) is 5.41. The Kier molecular flexibility index (Phi) is 5.42. The maximum atomic E-state index is 6.93. The van der Waals surface area contributed by atoms with E-state index in [1.165, 1.54) is 21.2 Å². The van der Waals surface area contributed by atoms with Gasteiger partial charge in [0.05, 0.1) is 11.4 Å². The predicted molar refractivity (Wildman–Crippen MR) is 102 cm³/mol. The van der Waals surface area contributed by atoms with Gasteiger partial charge in [-0.15, -0.1) is 11.6 Å². The van der Waals surface area contributed by atoms with Gasteiger partial charge in [0.1, 0.15) is 5.50 Å². The Labute approximate surface area is 152 Å². The first kappa shape index (κ1) is 17.0. The minimum absolute atomic E-state index is 0.166. The van der Waals surface area contributed by atoms with E-state index in [0.29, 0.717) is 5.88 Å². The summed E-state index contributed by atoms with van der Waals surface area (Å²) in [4.78, 5) is 6.93. The van der Waals surface area contributed by atoms with Crippen molar-refractivity contribution in [3.63, 3.8) is 0 Å². The number of nitrogens with zero attached hydrogens (tertiary/aromatic N) is 2. The third-order valence-electron chi connectivity index (χ3n) is 4.25. The molecular formula is C18H20Cl2N2S. The molecule has 0 saturated heterocycles. The molecule has 2 atom stereocenters. The molecule has 0 saturated carbocycles. The Morgan fingerprint density at radius 2 is 1.57 bits per heavy atom. The van der Waals surface area contributed by atoms with Crippen LogP contribution in [0, 0.1) is 0 Å². The van der Waals surface area contributed by atoms with E-state index in [9.17, 15) is 0 Å². The van der Waals surface area contributed by atoms with Crippen LogP contribution in [0.4, 0.5) is 11.4 Å². The summed E-state index contributed by atoms with van der Waals surface area (Å²) in [7, 11) is 2.07.